The maximum atomic E-state index is 11.0. The number of aromatic nitrogens is 2. The molecule has 0 unspecified atom stereocenters. The molecular weight excluding hydrogens is 288 g/mol. The fraction of sp³-hybridized carbons (Fsp3) is 0.786. The minimum atomic E-state index is -3.07. The third-order valence-electron chi connectivity index (χ3n) is 3.90. The van der Waals surface area contributed by atoms with E-state index in [9.17, 15) is 8.42 Å². The van der Waals surface area contributed by atoms with Gasteiger partial charge >= 0.3 is 0 Å². The van der Waals surface area contributed by atoms with Crippen LogP contribution in [0.3, 0.4) is 0 Å². The summed E-state index contributed by atoms with van der Waals surface area (Å²) in [6.07, 6.45) is 3.04. The molecule has 1 aliphatic heterocycles. The third kappa shape index (κ3) is 4.28. The Labute approximate surface area is 127 Å². The molecule has 1 aromatic heterocycles. The highest BCUT2D eigenvalue weighted by atomic mass is 32.2. The van der Waals surface area contributed by atoms with Crippen LogP contribution in [0.5, 0.6) is 0 Å². The first-order chi connectivity index (χ1) is 9.78. The van der Waals surface area contributed by atoms with E-state index in [-0.39, 0.29) is 0 Å². The molecule has 0 bridgehead atoms. The molecule has 0 saturated carbocycles. The van der Waals surface area contributed by atoms with Gasteiger partial charge in [-0.25, -0.2) is 18.1 Å². The molecule has 1 N–H and O–H groups in total. The van der Waals surface area contributed by atoms with Crippen molar-refractivity contribution < 1.29 is 8.42 Å². The summed E-state index contributed by atoms with van der Waals surface area (Å²) in [6.45, 7) is 7.62. The molecule has 0 fully saturated rings. The lowest BCUT2D eigenvalue weighted by atomic mass is 10.1. The summed E-state index contributed by atoms with van der Waals surface area (Å²) in [4.78, 5) is 7.13. The molecule has 120 valence electrons. The minimum Gasteiger partial charge on any atom is -0.335 e. The predicted molar refractivity (Wildman–Crippen MR) is 83.7 cm³/mol. The highest BCUT2D eigenvalue weighted by Gasteiger charge is 2.23. The van der Waals surface area contributed by atoms with Gasteiger partial charge in [0.05, 0.1) is 11.9 Å². The van der Waals surface area contributed by atoms with Gasteiger partial charge in [0.2, 0.25) is 10.0 Å². The van der Waals surface area contributed by atoms with Gasteiger partial charge in [-0.2, -0.15) is 0 Å². The van der Waals surface area contributed by atoms with Crippen LogP contribution in [-0.2, 0) is 30.0 Å². The number of imidazole rings is 1. The summed E-state index contributed by atoms with van der Waals surface area (Å²) >= 11 is 0. The van der Waals surface area contributed by atoms with Crippen LogP contribution >= 0.6 is 0 Å². The lowest BCUT2D eigenvalue weighted by Crippen LogP contribution is -2.34. The molecule has 0 spiro atoms. The molecule has 0 radical (unpaired) electrons. The number of hydrogen-bond acceptors (Lipinski definition) is 4. The second-order valence-electron chi connectivity index (χ2n) is 6.12. The molecule has 2 rings (SSSR count). The van der Waals surface area contributed by atoms with E-state index in [1.165, 1.54) is 17.6 Å². The SMILES string of the molecule is CC(C)c1nc2c(n1C)CCN(CCCNS(C)(=O)=O)C2. The molecular formula is C14H26N4O2S. The van der Waals surface area contributed by atoms with Crippen molar-refractivity contribution in [2.24, 2.45) is 7.05 Å². The Bertz CT molecular complexity index is 592. The highest BCUT2D eigenvalue weighted by Crippen LogP contribution is 2.23. The summed E-state index contributed by atoms with van der Waals surface area (Å²) in [5.41, 5.74) is 2.53. The van der Waals surface area contributed by atoms with Crippen LogP contribution in [0.2, 0.25) is 0 Å². The normalized spacial score (nSPS) is 16.4. The quantitative estimate of drug-likeness (QED) is 0.790. The van der Waals surface area contributed by atoms with Crippen molar-refractivity contribution in [1.29, 1.82) is 0 Å². The second kappa shape index (κ2) is 6.46. The fourth-order valence-corrected chi connectivity index (χ4v) is 3.39. The van der Waals surface area contributed by atoms with Crippen LogP contribution in [0.1, 0.15) is 43.4 Å². The van der Waals surface area contributed by atoms with Crippen molar-refractivity contribution in [2.75, 3.05) is 25.9 Å². The smallest absolute Gasteiger partial charge is 0.208 e. The van der Waals surface area contributed by atoms with Gasteiger partial charge in [0.1, 0.15) is 5.82 Å². The van der Waals surface area contributed by atoms with Crippen molar-refractivity contribution in [2.45, 2.75) is 39.2 Å². The van der Waals surface area contributed by atoms with Gasteiger partial charge in [-0.1, -0.05) is 13.8 Å². The van der Waals surface area contributed by atoms with Crippen molar-refractivity contribution in [3.63, 3.8) is 0 Å². The van der Waals surface area contributed by atoms with Gasteiger partial charge in [-0.05, 0) is 13.0 Å². The molecule has 1 aromatic rings. The van der Waals surface area contributed by atoms with Gasteiger partial charge in [0.25, 0.3) is 0 Å². The zero-order valence-corrected chi connectivity index (χ0v) is 14.2. The first kappa shape index (κ1) is 16.5. The van der Waals surface area contributed by atoms with Crippen LogP contribution in [-0.4, -0.2) is 48.8 Å². The summed E-state index contributed by atoms with van der Waals surface area (Å²) in [6, 6.07) is 0. The van der Waals surface area contributed by atoms with Crippen LogP contribution in [0.4, 0.5) is 0 Å². The molecule has 0 saturated heterocycles. The minimum absolute atomic E-state index is 0.438. The molecule has 2 heterocycles. The summed E-state index contributed by atoms with van der Waals surface area (Å²) in [7, 11) is -0.968. The van der Waals surface area contributed by atoms with Crippen molar-refractivity contribution in [1.82, 2.24) is 19.2 Å². The molecule has 1 aliphatic rings. The Morgan fingerprint density at radius 2 is 2.10 bits per heavy atom. The number of nitrogens with one attached hydrogen (secondary N) is 1. The monoisotopic (exact) mass is 314 g/mol. The second-order valence-corrected chi connectivity index (χ2v) is 7.96. The maximum Gasteiger partial charge on any atom is 0.208 e. The molecule has 21 heavy (non-hydrogen) atoms. The average Bonchev–Trinajstić information content (AvgIpc) is 2.71. The van der Waals surface area contributed by atoms with Gasteiger partial charge in [-0.3, -0.25) is 4.90 Å². The fourth-order valence-electron chi connectivity index (χ4n) is 2.87. The average molecular weight is 314 g/mol. The number of nitrogens with zero attached hydrogens (tertiary/aromatic N) is 3. The molecule has 6 nitrogen and oxygen atoms in total. The van der Waals surface area contributed by atoms with E-state index in [0.717, 1.165) is 38.3 Å². The number of hydrogen-bond donors (Lipinski definition) is 1. The van der Waals surface area contributed by atoms with Gasteiger partial charge in [0, 0.05) is 44.7 Å². The topological polar surface area (TPSA) is 67.2 Å². The number of fused-ring (bicyclic) bond motifs is 1. The molecule has 0 atom stereocenters. The zero-order valence-electron chi connectivity index (χ0n) is 13.4. The number of rotatable bonds is 6. The highest BCUT2D eigenvalue weighted by molar-refractivity contribution is 7.88. The summed E-state index contributed by atoms with van der Waals surface area (Å²) < 4.78 is 26.8. The van der Waals surface area contributed by atoms with Crippen LogP contribution in [0.25, 0.3) is 0 Å². The van der Waals surface area contributed by atoms with Crippen molar-refractivity contribution in [3.05, 3.63) is 17.2 Å². The molecule has 0 aliphatic carbocycles. The lowest BCUT2D eigenvalue weighted by Gasteiger charge is -2.26. The molecule has 0 amide bonds. The standard InChI is InChI=1S/C14H26N4O2S/c1-11(2)14-16-12-10-18(9-6-13(12)17(14)3)8-5-7-15-21(4,19)20/h11,15H,5-10H2,1-4H3. The van der Waals surface area contributed by atoms with E-state index in [0.29, 0.717) is 12.5 Å². The molecule has 7 heteroatoms. The largest absolute Gasteiger partial charge is 0.335 e. The Morgan fingerprint density at radius 1 is 1.38 bits per heavy atom. The summed E-state index contributed by atoms with van der Waals surface area (Å²) in [5.74, 6) is 1.59. The lowest BCUT2D eigenvalue weighted by molar-refractivity contribution is 0.246. The molecule has 0 aromatic carbocycles. The van der Waals surface area contributed by atoms with Crippen molar-refractivity contribution in [3.8, 4) is 0 Å². The Balaban J connectivity index is 1.89. The van der Waals surface area contributed by atoms with E-state index in [1.54, 1.807) is 0 Å². The first-order valence-corrected chi connectivity index (χ1v) is 9.38. The first-order valence-electron chi connectivity index (χ1n) is 7.49. The van der Waals surface area contributed by atoms with E-state index in [2.05, 4.69) is 35.1 Å². The van der Waals surface area contributed by atoms with E-state index in [1.807, 2.05) is 0 Å². The maximum absolute atomic E-state index is 11.0. The Hall–Kier alpha value is -0.920. The zero-order chi connectivity index (χ0) is 15.6. The van der Waals surface area contributed by atoms with Crippen molar-refractivity contribution >= 4 is 10.0 Å². The van der Waals surface area contributed by atoms with E-state index < -0.39 is 10.0 Å². The summed E-state index contributed by atoms with van der Waals surface area (Å²) in [5, 5.41) is 0. The van der Waals surface area contributed by atoms with Gasteiger partial charge in [-0.15, -0.1) is 0 Å². The van der Waals surface area contributed by atoms with Crippen LogP contribution in [0, 0.1) is 0 Å². The third-order valence-corrected chi connectivity index (χ3v) is 4.63. The van der Waals surface area contributed by atoms with Gasteiger partial charge in [0.15, 0.2) is 0 Å². The predicted octanol–water partition coefficient (Wildman–Crippen LogP) is 0.841. The van der Waals surface area contributed by atoms with E-state index >= 15 is 0 Å². The Kier molecular flexibility index (Phi) is 5.06. The Morgan fingerprint density at radius 3 is 2.71 bits per heavy atom. The van der Waals surface area contributed by atoms with Gasteiger partial charge < -0.3 is 4.57 Å². The van der Waals surface area contributed by atoms with E-state index in [4.69, 9.17) is 4.98 Å². The van der Waals surface area contributed by atoms with Crippen LogP contribution < -0.4 is 4.72 Å². The van der Waals surface area contributed by atoms with Crippen LogP contribution in [0.15, 0.2) is 0 Å². The number of sulfonamides is 1.